The predicted molar refractivity (Wildman–Crippen MR) is 146 cm³/mol. The van der Waals surface area contributed by atoms with E-state index in [4.69, 9.17) is 9.97 Å². The molecule has 0 saturated heterocycles. The van der Waals surface area contributed by atoms with Crippen LogP contribution in [0.15, 0.2) is 24.3 Å². The Kier molecular flexibility index (Phi) is 5.16. The number of allylic oxidation sites excluding steroid dienone is 4. The standard InChI is InChI=1S/C30H34N4/c1-14(2)30-21(9)28-12-26-18(6)17(5)24(32-26)10-22-15(3)16(4)23(31-22)11-25-19(7)20(8)27(33-25)13-29(30)34-28/h10-14,33-34H,1-9H3. The Hall–Kier alpha value is -3.40. The van der Waals surface area contributed by atoms with Gasteiger partial charge < -0.3 is 9.97 Å². The lowest BCUT2D eigenvalue weighted by Crippen LogP contribution is -1.87. The van der Waals surface area contributed by atoms with E-state index in [1.54, 1.807) is 0 Å². The molecule has 8 bridgehead atoms. The molecule has 2 aliphatic rings. The third-order valence-electron chi connectivity index (χ3n) is 7.85. The van der Waals surface area contributed by atoms with Crippen molar-refractivity contribution in [2.75, 3.05) is 0 Å². The number of nitrogens with zero attached hydrogens (tertiary/aromatic N) is 2. The summed E-state index contributed by atoms with van der Waals surface area (Å²) in [4.78, 5) is 17.4. The number of nitrogens with one attached hydrogen (secondary N) is 2. The van der Waals surface area contributed by atoms with Crippen molar-refractivity contribution in [3.05, 3.63) is 69.3 Å². The van der Waals surface area contributed by atoms with Crippen molar-refractivity contribution < 1.29 is 0 Å². The molecule has 5 rings (SSSR count). The molecule has 4 nitrogen and oxygen atoms in total. The highest BCUT2D eigenvalue weighted by Gasteiger charge is 2.18. The maximum Gasteiger partial charge on any atom is 0.0691 e. The fraction of sp³-hybridized carbons (Fsp3) is 0.333. The van der Waals surface area contributed by atoms with Crippen molar-refractivity contribution in [2.24, 2.45) is 0 Å². The van der Waals surface area contributed by atoms with Gasteiger partial charge in [-0.2, -0.15) is 0 Å². The predicted octanol–water partition coefficient (Wildman–Crippen LogP) is 8.26. The van der Waals surface area contributed by atoms with E-state index < -0.39 is 0 Å². The van der Waals surface area contributed by atoms with Crippen LogP contribution in [0.1, 0.15) is 92.5 Å². The molecule has 0 amide bonds. The topological polar surface area (TPSA) is 57.4 Å². The van der Waals surface area contributed by atoms with Gasteiger partial charge in [-0.1, -0.05) is 13.8 Å². The summed E-state index contributed by atoms with van der Waals surface area (Å²) in [6, 6.07) is 8.81. The van der Waals surface area contributed by atoms with E-state index in [2.05, 4.69) is 96.5 Å². The van der Waals surface area contributed by atoms with Crippen LogP contribution in [-0.2, 0) is 0 Å². The van der Waals surface area contributed by atoms with Gasteiger partial charge in [0.05, 0.1) is 22.8 Å². The maximum atomic E-state index is 5.03. The molecular formula is C30H34N4. The summed E-state index contributed by atoms with van der Waals surface area (Å²) < 4.78 is 0. The molecule has 2 aliphatic heterocycles. The number of aromatic nitrogens is 4. The maximum absolute atomic E-state index is 5.03. The fourth-order valence-corrected chi connectivity index (χ4v) is 5.15. The van der Waals surface area contributed by atoms with Crippen LogP contribution in [-0.4, -0.2) is 19.9 Å². The molecule has 0 unspecified atom stereocenters. The molecule has 174 valence electrons. The largest absolute Gasteiger partial charge is 0.355 e. The lowest BCUT2D eigenvalue weighted by molar-refractivity contribution is 0.870. The number of hydrogen-bond acceptors (Lipinski definition) is 2. The minimum absolute atomic E-state index is 0.408. The summed E-state index contributed by atoms with van der Waals surface area (Å²) in [7, 11) is 0. The van der Waals surface area contributed by atoms with Crippen molar-refractivity contribution >= 4 is 44.4 Å². The second-order valence-electron chi connectivity index (χ2n) is 10.2. The van der Waals surface area contributed by atoms with Gasteiger partial charge in [-0.05, 0) is 123 Å². The minimum atomic E-state index is 0.408. The molecule has 0 atom stereocenters. The van der Waals surface area contributed by atoms with Crippen LogP contribution in [0.2, 0.25) is 0 Å². The van der Waals surface area contributed by atoms with E-state index in [9.17, 15) is 0 Å². The van der Waals surface area contributed by atoms with Gasteiger partial charge in [0.1, 0.15) is 0 Å². The van der Waals surface area contributed by atoms with Crippen molar-refractivity contribution in [3.63, 3.8) is 0 Å². The first kappa shape index (κ1) is 22.4. The van der Waals surface area contributed by atoms with Gasteiger partial charge in [0.15, 0.2) is 0 Å². The van der Waals surface area contributed by atoms with Crippen LogP contribution < -0.4 is 0 Å². The quantitative estimate of drug-likeness (QED) is 0.392. The van der Waals surface area contributed by atoms with Crippen LogP contribution in [0.25, 0.3) is 44.4 Å². The average Bonchev–Trinajstić information content (AvgIpc) is 3.41. The van der Waals surface area contributed by atoms with E-state index in [0.717, 1.165) is 44.8 Å². The number of aromatic amines is 2. The second kappa shape index (κ2) is 7.83. The molecule has 3 aromatic rings. The minimum Gasteiger partial charge on any atom is -0.355 e. The zero-order valence-corrected chi connectivity index (χ0v) is 21.8. The zero-order valence-electron chi connectivity index (χ0n) is 21.8. The monoisotopic (exact) mass is 450 g/mol. The number of aryl methyl sites for hydroxylation is 3. The van der Waals surface area contributed by atoms with Gasteiger partial charge in [0.2, 0.25) is 0 Å². The molecule has 2 N–H and O–H groups in total. The Morgan fingerprint density at radius 1 is 0.500 bits per heavy atom. The first-order chi connectivity index (χ1) is 16.1. The van der Waals surface area contributed by atoms with Crippen molar-refractivity contribution in [3.8, 4) is 0 Å². The SMILES string of the molecule is CC1=C(C)c2cc3[nH]c(cc4[nH]c(cc5nc(cc1n2)C(C)=C5C)c(C)c4C(C)C)c(C)c3C. The molecule has 0 spiro atoms. The molecular weight excluding hydrogens is 416 g/mol. The number of H-pyrrole nitrogens is 2. The van der Waals surface area contributed by atoms with Crippen molar-refractivity contribution in [1.82, 2.24) is 19.9 Å². The van der Waals surface area contributed by atoms with Crippen molar-refractivity contribution in [1.29, 1.82) is 0 Å². The smallest absolute Gasteiger partial charge is 0.0691 e. The van der Waals surface area contributed by atoms with Crippen LogP contribution >= 0.6 is 0 Å². The van der Waals surface area contributed by atoms with Gasteiger partial charge in [-0.25, -0.2) is 9.97 Å². The highest BCUT2D eigenvalue weighted by atomic mass is 14.8. The third kappa shape index (κ3) is 3.35. The van der Waals surface area contributed by atoms with E-state index in [1.165, 1.54) is 44.5 Å². The van der Waals surface area contributed by atoms with Crippen LogP contribution in [0.5, 0.6) is 0 Å². The first-order valence-corrected chi connectivity index (χ1v) is 12.1. The fourth-order valence-electron chi connectivity index (χ4n) is 5.15. The number of rotatable bonds is 1. The number of hydrogen-bond donors (Lipinski definition) is 2. The van der Waals surface area contributed by atoms with Gasteiger partial charge >= 0.3 is 0 Å². The van der Waals surface area contributed by atoms with Gasteiger partial charge in [0, 0.05) is 22.1 Å². The highest BCUT2D eigenvalue weighted by molar-refractivity contribution is 5.94. The summed E-state index contributed by atoms with van der Waals surface area (Å²) in [5.74, 6) is 0.408. The Labute approximate surface area is 201 Å². The molecule has 0 fully saturated rings. The summed E-state index contributed by atoms with van der Waals surface area (Å²) in [6.45, 7) is 19.8. The summed E-state index contributed by atoms with van der Waals surface area (Å²) in [5.41, 5.74) is 18.6. The van der Waals surface area contributed by atoms with E-state index in [1.807, 2.05) is 0 Å². The molecule has 4 heteroatoms. The van der Waals surface area contributed by atoms with Gasteiger partial charge in [-0.3, -0.25) is 0 Å². The average molecular weight is 451 g/mol. The van der Waals surface area contributed by atoms with Crippen LogP contribution in [0.3, 0.4) is 0 Å². The summed E-state index contributed by atoms with van der Waals surface area (Å²) in [6.07, 6.45) is 0. The molecule has 5 heterocycles. The van der Waals surface area contributed by atoms with Gasteiger partial charge in [-0.15, -0.1) is 0 Å². The molecule has 34 heavy (non-hydrogen) atoms. The Balaban J connectivity index is 2.00. The van der Waals surface area contributed by atoms with E-state index >= 15 is 0 Å². The summed E-state index contributed by atoms with van der Waals surface area (Å²) >= 11 is 0. The second-order valence-corrected chi connectivity index (χ2v) is 10.2. The Morgan fingerprint density at radius 3 is 1.35 bits per heavy atom. The lowest BCUT2D eigenvalue weighted by Gasteiger charge is -2.04. The first-order valence-electron chi connectivity index (χ1n) is 12.1. The summed E-state index contributed by atoms with van der Waals surface area (Å²) in [5, 5.41) is 0. The van der Waals surface area contributed by atoms with E-state index in [0.29, 0.717) is 5.92 Å². The molecule has 0 aliphatic carbocycles. The third-order valence-corrected chi connectivity index (χ3v) is 7.85. The van der Waals surface area contributed by atoms with Crippen LogP contribution in [0, 0.1) is 20.8 Å². The molecule has 0 saturated carbocycles. The van der Waals surface area contributed by atoms with Crippen LogP contribution in [0.4, 0.5) is 0 Å². The Morgan fingerprint density at radius 2 is 0.882 bits per heavy atom. The molecule has 0 aromatic carbocycles. The Bertz CT molecular complexity index is 1590. The van der Waals surface area contributed by atoms with E-state index in [-0.39, 0.29) is 0 Å². The zero-order chi connectivity index (χ0) is 24.5. The van der Waals surface area contributed by atoms with Crippen molar-refractivity contribution in [2.45, 2.75) is 68.2 Å². The molecule has 3 aromatic heterocycles. The normalized spacial score (nSPS) is 14.1. The van der Waals surface area contributed by atoms with Gasteiger partial charge in [0.25, 0.3) is 0 Å². The lowest BCUT2D eigenvalue weighted by atomic mass is 9.99. The number of fused-ring (bicyclic) bond motifs is 8. The highest BCUT2D eigenvalue weighted by Crippen LogP contribution is 2.35. The molecule has 0 radical (unpaired) electrons.